The molecule has 0 amide bonds. The molecule has 2 aromatic rings. The molecule has 5 heteroatoms. The number of carbonyl (C=O) groups is 2. The van der Waals surface area contributed by atoms with E-state index in [-0.39, 0.29) is 11.5 Å². The molecule has 0 aliphatic carbocycles. The zero-order chi connectivity index (χ0) is 16.2. The summed E-state index contributed by atoms with van der Waals surface area (Å²) in [5, 5.41) is 0. The maximum absolute atomic E-state index is 12.8. The molecule has 2 N–H and O–H groups in total. The lowest BCUT2D eigenvalue weighted by Crippen LogP contribution is -2.39. The van der Waals surface area contributed by atoms with Crippen LogP contribution in [0.15, 0.2) is 66.4 Å². The van der Waals surface area contributed by atoms with E-state index in [4.69, 9.17) is 4.74 Å². The molecule has 2 aromatic carbocycles. The maximum Gasteiger partial charge on any atom is 0.355 e. The van der Waals surface area contributed by atoms with Gasteiger partial charge in [-0.3, -0.25) is 4.79 Å². The summed E-state index contributed by atoms with van der Waals surface area (Å²) >= 11 is 0. The van der Waals surface area contributed by atoms with Gasteiger partial charge in [-0.15, -0.1) is 0 Å². The first-order valence-electron chi connectivity index (χ1n) is 7.21. The Morgan fingerprint density at radius 1 is 0.957 bits per heavy atom. The quantitative estimate of drug-likeness (QED) is 0.667. The van der Waals surface area contributed by atoms with E-state index < -0.39 is 12.0 Å². The highest BCUT2D eigenvalue weighted by atomic mass is 16.5. The van der Waals surface area contributed by atoms with Gasteiger partial charge in [0.2, 0.25) is 0 Å². The second-order valence-corrected chi connectivity index (χ2v) is 5.08. The van der Waals surface area contributed by atoms with Crippen LogP contribution in [0.3, 0.4) is 0 Å². The average Bonchev–Trinajstić information content (AvgIpc) is 3.07. The SMILES string of the molecule is COC(=O)C1=C(c2ccccc2)C(C(=O)c2ccccc2)NN1. The number of ether oxygens (including phenoxy) is 1. The standard InChI is InChI=1S/C18H16N2O3/c1-23-18(22)16-14(12-8-4-2-5-9-12)15(19-20-16)17(21)13-10-6-3-7-11-13/h2-11,15,19-20H,1H3. The van der Waals surface area contributed by atoms with Gasteiger partial charge in [0.25, 0.3) is 0 Å². The Kier molecular flexibility index (Phi) is 4.21. The van der Waals surface area contributed by atoms with Crippen molar-refractivity contribution in [3.05, 3.63) is 77.5 Å². The summed E-state index contributed by atoms with van der Waals surface area (Å²) in [6.07, 6.45) is 0. The van der Waals surface area contributed by atoms with E-state index in [1.54, 1.807) is 12.1 Å². The van der Waals surface area contributed by atoms with Crippen molar-refractivity contribution in [1.82, 2.24) is 10.9 Å². The van der Waals surface area contributed by atoms with Crippen LogP contribution in [0.1, 0.15) is 15.9 Å². The predicted octanol–water partition coefficient (Wildman–Crippen LogP) is 1.93. The van der Waals surface area contributed by atoms with Crippen LogP contribution in [0.5, 0.6) is 0 Å². The van der Waals surface area contributed by atoms with Crippen molar-refractivity contribution in [2.45, 2.75) is 6.04 Å². The second kappa shape index (κ2) is 6.46. The lowest BCUT2D eigenvalue weighted by molar-refractivity contribution is -0.136. The molecule has 0 fully saturated rings. The number of benzene rings is 2. The molecule has 3 rings (SSSR count). The van der Waals surface area contributed by atoms with Gasteiger partial charge in [-0.1, -0.05) is 60.7 Å². The smallest absolute Gasteiger partial charge is 0.355 e. The van der Waals surface area contributed by atoms with Gasteiger partial charge in [0.1, 0.15) is 11.7 Å². The molecular formula is C18H16N2O3. The van der Waals surface area contributed by atoms with Crippen molar-refractivity contribution in [3.8, 4) is 0 Å². The predicted molar refractivity (Wildman–Crippen MR) is 86.2 cm³/mol. The van der Waals surface area contributed by atoms with Crippen LogP contribution < -0.4 is 10.9 Å². The molecule has 1 aliphatic heterocycles. The first kappa shape index (κ1) is 15.0. The third-order valence-corrected chi connectivity index (χ3v) is 3.69. The third-order valence-electron chi connectivity index (χ3n) is 3.69. The summed E-state index contributed by atoms with van der Waals surface area (Å²) in [7, 11) is 1.31. The van der Waals surface area contributed by atoms with E-state index in [9.17, 15) is 9.59 Å². The normalized spacial score (nSPS) is 16.8. The molecule has 23 heavy (non-hydrogen) atoms. The number of carbonyl (C=O) groups excluding carboxylic acids is 2. The first-order valence-corrected chi connectivity index (χ1v) is 7.21. The van der Waals surface area contributed by atoms with Crippen LogP contribution in [0.25, 0.3) is 5.57 Å². The van der Waals surface area contributed by atoms with Crippen LogP contribution in [-0.2, 0) is 9.53 Å². The van der Waals surface area contributed by atoms with Crippen molar-refractivity contribution in [3.63, 3.8) is 0 Å². The zero-order valence-corrected chi connectivity index (χ0v) is 12.6. The minimum absolute atomic E-state index is 0.115. The molecule has 1 unspecified atom stereocenters. The molecule has 0 saturated carbocycles. The van der Waals surface area contributed by atoms with E-state index >= 15 is 0 Å². The number of Topliss-reactive ketones (excluding diaryl/α,β-unsaturated/α-hetero) is 1. The van der Waals surface area contributed by atoms with Crippen molar-refractivity contribution in [2.75, 3.05) is 7.11 Å². The summed E-state index contributed by atoms with van der Waals surface area (Å²) in [6, 6.07) is 17.6. The van der Waals surface area contributed by atoms with Crippen molar-refractivity contribution in [2.24, 2.45) is 0 Å². The second-order valence-electron chi connectivity index (χ2n) is 5.08. The zero-order valence-electron chi connectivity index (χ0n) is 12.6. The highest BCUT2D eigenvalue weighted by Crippen LogP contribution is 2.27. The molecule has 0 radical (unpaired) electrons. The molecule has 116 valence electrons. The monoisotopic (exact) mass is 308 g/mol. The van der Waals surface area contributed by atoms with Crippen LogP contribution in [-0.4, -0.2) is 24.9 Å². The van der Waals surface area contributed by atoms with Crippen LogP contribution in [0.4, 0.5) is 0 Å². The number of ketones is 1. The van der Waals surface area contributed by atoms with Gasteiger partial charge in [0.05, 0.1) is 7.11 Å². The van der Waals surface area contributed by atoms with Gasteiger partial charge in [0.15, 0.2) is 5.78 Å². The van der Waals surface area contributed by atoms with E-state index in [1.807, 2.05) is 48.5 Å². The van der Waals surface area contributed by atoms with Gasteiger partial charge < -0.3 is 10.2 Å². The molecule has 1 heterocycles. The summed E-state index contributed by atoms with van der Waals surface area (Å²) in [4.78, 5) is 24.8. The Bertz CT molecular complexity index is 754. The highest BCUT2D eigenvalue weighted by Gasteiger charge is 2.35. The fourth-order valence-corrected chi connectivity index (χ4v) is 2.59. The Morgan fingerprint density at radius 3 is 2.17 bits per heavy atom. The number of methoxy groups -OCH3 is 1. The number of rotatable bonds is 4. The van der Waals surface area contributed by atoms with Gasteiger partial charge in [-0.05, 0) is 5.56 Å². The molecule has 0 spiro atoms. The molecule has 1 aliphatic rings. The Labute approximate surface area is 133 Å². The van der Waals surface area contributed by atoms with Crippen molar-refractivity contribution >= 4 is 17.3 Å². The third kappa shape index (κ3) is 2.86. The van der Waals surface area contributed by atoms with Crippen LogP contribution >= 0.6 is 0 Å². The summed E-state index contributed by atoms with van der Waals surface area (Å²) in [5.41, 5.74) is 7.90. The summed E-state index contributed by atoms with van der Waals surface area (Å²) in [6.45, 7) is 0. The Morgan fingerprint density at radius 2 is 1.57 bits per heavy atom. The fourth-order valence-electron chi connectivity index (χ4n) is 2.59. The van der Waals surface area contributed by atoms with E-state index in [0.717, 1.165) is 5.56 Å². The highest BCUT2D eigenvalue weighted by molar-refractivity contribution is 6.12. The molecule has 0 aromatic heterocycles. The van der Waals surface area contributed by atoms with Gasteiger partial charge in [-0.25, -0.2) is 10.2 Å². The average molecular weight is 308 g/mol. The van der Waals surface area contributed by atoms with Crippen molar-refractivity contribution < 1.29 is 14.3 Å². The van der Waals surface area contributed by atoms with Gasteiger partial charge in [-0.2, -0.15) is 0 Å². The van der Waals surface area contributed by atoms with E-state index in [2.05, 4.69) is 10.9 Å². The van der Waals surface area contributed by atoms with Crippen LogP contribution in [0, 0.1) is 0 Å². The first-order chi connectivity index (χ1) is 11.2. The number of hydrogen-bond acceptors (Lipinski definition) is 5. The van der Waals surface area contributed by atoms with E-state index in [0.29, 0.717) is 11.1 Å². The van der Waals surface area contributed by atoms with Gasteiger partial charge >= 0.3 is 5.97 Å². The minimum Gasteiger partial charge on any atom is -0.464 e. The minimum atomic E-state index is -0.658. The molecule has 1 atom stereocenters. The molecular weight excluding hydrogens is 292 g/mol. The fraction of sp³-hybridized carbons (Fsp3) is 0.111. The largest absolute Gasteiger partial charge is 0.464 e. The van der Waals surface area contributed by atoms with E-state index in [1.165, 1.54) is 7.11 Å². The summed E-state index contributed by atoms with van der Waals surface area (Å²) in [5.74, 6) is -0.629. The van der Waals surface area contributed by atoms with Crippen LogP contribution in [0.2, 0.25) is 0 Å². The number of nitrogens with one attached hydrogen (secondary N) is 2. The van der Waals surface area contributed by atoms with Gasteiger partial charge in [0, 0.05) is 11.1 Å². The lowest BCUT2D eigenvalue weighted by Gasteiger charge is -2.13. The Balaban J connectivity index is 2.05. The maximum atomic E-state index is 12.8. The molecule has 5 nitrogen and oxygen atoms in total. The Hall–Kier alpha value is -2.92. The summed E-state index contributed by atoms with van der Waals surface area (Å²) < 4.78 is 4.81. The lowest BCUT2D eigenvalue weighted by atomic mass is 9.92. The molecule has 0 saturated heterocycles. The van der Waals surface area contributed by atoms with Crippen molar-refractivity contribution in [1.29, 1.82) is 0 Å². The number of hydrogen-bond donors (Lipinski definition) is 2. The number of esters is 1. The molecule has 0 bridgehead atoms. The number of hydrazine groups is 1. The topological polar surface area (TPSA) is 67.4 Å².